The second-order valence-electron chi connectivity index (χ2n) is 11.6. The lowest BCUT2D eigenvalue weighted by Gasteiger charge is -2.34. The fourth-order valence-electron chi connectivity index (χ4n) is 4.89. The predicted molar refractivity (Wildman–Crippen MR) is 181 cm³/mol. The van der Waals surface area contributed by atoms with Crippen LogP contribution in [0.2, 0.25) is 5.02 Å². The van der Waals surface area contributed by atoms with E-state index in [9.17, 15) is 18.0 Å². The van der Waals surface area contributed by atoms with Crippen LogP contribution < -0.4 is 9.62 Å². The van der Waals surface area contributed by atoms with Crippen LogP contribution in [0.3, 0.4) is 0 Å². The van der Waals surface area contributed by atoms with Crippen LogP contribution >= 0.6 is 11.6 Å². The van der Waals surface area contributed by atoms with Gasteiger partial charge >= 0.3 is 0 Å². The van der Waals surface area contributed by atoms with E-state index >= 15 is 0 Å². The van der Waals surface area contributed by atoms with Crippen LogP contribution in [-0.2, 0) is 32.6 Å². The Balaban J connectivity index is 1.80. The molecule has 9 heteroatoms. The maximum Gasteiger partial charge on any atom is 0.264 e. The van der Waals surface area contributed by atoms with Gasteiger partial charge < -0.3 is 10.2 Å². The average Bonchev–Trinajstić information content (AvgIpc) is 3.03. The van der Waals surface area contributed by atoms with E-state index in [1.807, 2.05) is 64.1 Å². The maximum atomic E-state index is 14.5. The third kappa shape index (κ3) is 8.96. The summed E-state index contributed by atoms with van der Waals surface area (Å²) in [5.41, 5.74) is 3.88. The molecule has 2 amide bonds. The van der Waals surface area contributed by atoms with Gasteiger partial charge in [0.1, 0.15) is 12.6 Å². The Bertz CT molecular complexity index is 1700. The highest BCUT2D eigenvalue weighted by Crippen LogP contribution is 2.27. The zero-order valence-corrected chi connectivity index (χ0v) is 27.7. The molecule has 0 aliphatic carbocycles. The third-order valence-corrected chi connectivity index (χ3v) is 9.65. The SMILES string of the molecule is Cc1ccc(N(CC(=O)N(Cc2ccc(Cl)cc2)[C@@H](Cc2ccccc2)C(=O)NCC(C)C)S(=O)(=O)c2ccccc2)cc1C. The predicted octanol–water partition coefficient (Wildman–Crippen LogP) is 6.56. The van der Waals surface area contributed by atoms with Crippen molar-refractivity contribution in [3.8, 4) is 0 Å². The number of amides is 2. The van der Waals surface area contributed by atoms with Crippen molar-refractivity contribution < 1.29 is 18.0 Å². The number of anilines is 1. The summed E-state index contributed by atoms with van der Waals surface area (Å²) >= 11 is 6.15. The normalized spacial score (nSPS) is 12.0. The zero-order chi connectivity index (χ0) is 32.6. The molecule has 0 fully saturated rings. The van der Waals surface area contributed by atoms with Gasteiger partial charge in [0.2, 0.25) is 11.8 Å². The first-order chi connectivity index (χ1) is 21.5. The molecular weight excluding hydrogens is 606 g/mol. The minimum atomic E-state index is -4.15. The quantitative estimate of drug-likeness (QED) is 0.178. The molecule has 7 nitrogen and oxygen atoms in total. The Morgan fingerprint density at radius 1 is 0.800 bits per heavy atom. The Morgan fingerprint density at radius 3 is 2.02 bits per heavy atom. The fourth-order valence-corrected chi connectivity index (χ4v) is 6.45. The monoisotopic (exact) mass is 645 g/mol. The molecule has 236 valence electrons. The minimum absolute atomic E-state index is 0.0655. The molecule has 0 aliphatic rings. The highest BCUT2D eigenvalue weighted by molar-refractivity contribution is 7.92. The van der Waals surface area contributed by atoms with Crippen molar-refractivity contribution in [3.63, 3.8) is 0 Å². The summed E-state index contributed by atoms with van der Waals surface area (Å²) in [5.74, 6) is -0.621. The number of benzene rings is 4. The summed E-state index contributed by atoms with van der Waals surface area (Å²) in [4.78, 5) is 29.9. The number of halogens is 1. The largest absolute Gasteiger partial charge is 0.354 e. The number of hydrogen-bond acceptors (Lipinski definition) is 4. The van der Waals surface area contributed by atoms with Gasteiger partial charge in [-0.05, 0) is 78.4 Å². The number of nitrogens with one attached hydrogen (secondary N) is 1. The standard InChI is InChI=1S/C36H40ClN3O4S/c1-26(2)23-38-36(42)34(22-29-11-7-5-8-12-29)39(24-30-16-18-31(37)19-17-30)35(41)25-40(32-20-15-27(3)28(4)21-32)45(43,44)33-13-9-6-10-14-33/h5-21,26,34H,22-25H2,1-4H3,(H,38,42)/t34-/m0/s1. The van der Waals surface area contributed by atoms with Crippen molar-refractivity contribution in [1.82, 2.24) is 10.2 Å². The molecule has 0 radical (unpaired) electrons. The van der Waals surface area contributed by atoms with Gasteiger partial charge in [-0.1, -0.05) is 92.2 Å². The molecule has 4 rings (SSSR count). The molecule has 0 heterocycles. The van der Waals surface area contributed by atoms with Crippen molar-refractivity contribution in [1.29, 1.82) is 0 Å². The Hall–Kier alpha value is -4.14. The van der Waals surface area contributed by atoms with Crippen LogP contribution in [0.1, 0.15) is 36.1 Å². The Labute approximate surface area is 271 Å². The van der Waals surface area contributed by atoms with Gasteiger partial charge in [-0.3, -0.25) is 13.9 Å². The van der Waals surface area contributed by atoms with Gasteiger partial charge in [0.05, 0.1) is 10.6 Å². The highest BCUT2D eigenvalue weighted by atomic mass is 35.5. The van der Waals surface area contributed by atoms with E-state index in [0.29, 0.717) is 17.3 Å². The van der Waals surface area contributed by atoms with Crippen LogP contribution in [0.25, 0.3) is 0 Å². The molecule has 0 saturated heterocycles. The van der Waals surface area contributed by atoms with Gasteiger partial charge in [-0.25, -0.2) is 8.42 Å². The molecule has 45 heavy (non-hydrogen) atoms. The van der Waals surface area contributed by atoms with Gasteiger partial charge in [0.25, 0.3) is 10.0 Å². The summed E-state index contributed by atoms with van der Waals surface area (Å²) in [6.07, 6.45) is 0.249. The van der Waals surface area contributed by atoms with Crippen LogP contribution in [0.4, 0.5) is 5.69 Å². The van der Waals surface area contributed by atoms with Crippen molar-refractivity contribution >= 4 is 39.1 Å². The lowest BCUT2D eigenvalue weighted by Crippen LogP contribution is -2.53. The molecule has 4 aromatic rings. The fraction of sp³-hybridized carbons (Fsp3) is 0.278. The lowest BCUT2D eigenvalue weighted by molar-refractivity contribution is -0.140. The van der Waals surface area contributed by atoms with E-state index in [0.717, 1.165) is 26.6 Å². The smallest absolute Gasteiger partial charge is 0.264 e. The van der Waals surface area contributed by atoms with Gasteiger partial charge in [-0.15, -0.1) is 0 Å². The summed E-state index contributed by atoms with van der Waals surface area (Å²) < 4.78 is 29.4. The topological polar surface area (TPSA) is 86.8 Å². The first kappa shape index (κ1) is 33.7. The first-order valence-corrected chi connectivity index (χ1v) is 16.8. The van der Waals surface area contributed by atoms with Gasteiger partial charge in [0, 0.05) is 24.5 Å². The number of nitrogens with zero attached hydrogens (tertiary/aromatic N) is 2. The summed E-state index contributed by atoms with van der Waals surface area (Å²) in [6.45, 7) is 7.85. The first-order valence-electron chi connectivity index (χ1n) is 15.0. The number of sulfonamides is 1. The zero-order valence-electron chi connectivity index (χ0n) is 26.1. The number of hydrogen-bond donors (Lipinski definition) is 1. The molecule has 4 aromatic carbocycles. The van der Waals surface area contributed by atoms with E-state index in [1.54, 1.807) is 54.6 Å². The van der Waals surface area contributed by atoms with Crippen molar-refractivity contribution in [3.05, 3.63) is 130 Å². The van der Waals surface area contributed by atoms with Crippen LogP contribution in [0.15, 0.2) is 108 Å². The number of carbonyl (C=O) groups is 2. The summed E-state index contributed by atoms with van der Waals surface area (Å²) in [5, 5.41) is 3.55. The molecule has 1 atom stereocenters. The van der Waals surface area contributed by atoms with E-state index in [4.69, 9.17) is 11.6 Å². The minimum Gasteiger partial charge on any atom is -0.354 e. The second-order valence-corrected chi connectivity index (χ2v) is 13.9. The molecule has 0 spiro atoms. The highest BCUT2D eigenvalue weighted by Gasteiger charge is 2.34. The van der Waals surface area contributed by atoms with Crippen LogP contribution in [-0.4, -0.2) is 44.3 Å². The second kappa shape index (κ2) is 15.2. The Morgan fingerprint density at radius 2 is 1.42 bits per heavy atom. The molecule has 0 bridgehead atoms. The van der Waals surface area contributed by atoms with Crippen LogP contribution in [0.5, 0.6) is 0 Å². The lowest BCUT2D eigenvalue weighted by atomic mass is 10.0. The number of carbonyl (C=O) groups excluding carboxylic acids is 2. The van der Waals surface area contributed by atoms with Crippen molar-refractivity contribution in [2.75, 3.05) is 17.4 Å². The molecule has 0 saturated carbocycles. The molecule has 0 unspecified atom stereocenters. The van der Waals surface area contributed by atoms with E-state index in [-0.39, 0.29) is 29.7 Å². The summed E-state index contributed by atoms with van der Waals surface area (Å²) in [7, 11) is -4.15. The van der Waals surface area contributed by atoms with E-state index in [1.165, 1.54) is 17.0 Å². The van der Waals surface area contributed by atoms with Crippen LogP contribution in [0, 0.1) is 19.8 Å². The van der Waals surface area contributed by atoms with Crippen molar-refractivity contribution in [2.24, 2.45) is 5.92 Å². The molecule has 0 aromatic heterocycles. The van der Waals surface area contributed by atoms with E-state index < -0.39 is 28.5 Å². The maximum absolute atomic E-state index is 14.5. The molecular formula is C36H40ClN3O4S. The van der Waals surface area contributed by atoms with Gasteiger partial charge in [0.15, 0.2) is 0 Å². The molecule has 1 N–H and O–H groups in total. The summed E-state index contributed by atoms with van der Waals surface area (Å²) in [6, 6.07) is 29.0. The average molecular weight is 646 g/mol. The van der Waals surface area contributed by atoms with Gasteiger partial charge in [-0.2, -0.15) is 0 Å². The molecule has 0 aliphatic heterocycles. The number of aryl methyl sites for hydroxylation is 2. The van der Waals surface area contributed by atoms with Crippen molar-refractivity contribution in [2.45, 2.75) is 51.6 Å². The third-order valence-electron chi connectivity index (χ3n) is 7.61. The Kier molecular flexibility index (Phi) is 11.4. The number of rotatable bonds is 13. The van der Waals surface area contributed by atoms with E-state index in [2.05, 4.69) is 5.32 Å².